The van der Waals surface area contributed by atoms with Gasteiger partial charge >= 0.3 is 0 Å². The number of carbonyl (C=O) groups excluding carboxylic acids is 2. The second kappa shape index (κ2) is 8.47. The van der Waals surface area contributed by atoms with E-state index in [0.717, 1.165) is 11.1 Å². The molecule has 0 fully saturated rings. The fourth-order valence-electron chi connectivity index (χ4n) is 2.59. The summed E-state index contributed by atoms with van der Waals surface area (Å²) in [5.41, 5.74) is 3.70. The van der Waals surface area contributed by atoms with Gasteiger partial charge in [-0.2, -0.15) is 0 Å². The first-order chi connectivity index (χ1) is 11.9. The summed E-state index contributed by atoms with van der Waals surface area (Å²) in [5, 5.41) is 5.79. The Kier molecular flexibility index (Phi) is 6.34. The molecule has 4 heteroatoms. The highest BCUT2D eigenvalue weighted by molar-refractivity contribution is 5.98. The van der Waals surface area contributed by atoms with E-state index in [2.05, 4.69) is 10.6 Å². The number of nitrogens with one attached hydrogen (secondary N) is 2. The van der Waals surface area contributed by atoms with E-state index in [4.69, 9.17) is 0 Å². The molecule has 2 aromatic rings. The average Bonchev–Trinajstić information content (AvgIpc) is 2.58. The Morgan fingerprint density at radius 2 is 1.60 bits per heavy atom. The van der Waals surface area contributed by atoms with Gasteiger partial charge in [0, 0.05) is 12.1 Å². The minimum atomic E-state index is -0.572. The minimum Gasteiger partial charge on any atom is -0.350 e. The van der Waals surface area contributed by atoms with Gasteiger partial charge < -0.3 is 10.6 Å². The number of aryl methyl sites for hydroxylation is 2. The van der Waals surface area contributed by atoms with Crippen molar-refractivity contribution in [1.29, 1.82) is 0 Å². The molecular formula is C21H26N2O2. The Morgan fingerprint density at radius 1 is 0.960 bits per heavy atom. The molecule has 0 aromatic heterocycles. The monoisotopic (exact) mass is 338 g/mol. The fraction of sp³-hybridized carbons (Fsp3) is 0.333. The molecule has 0 heterocycles. The van der Waals surface area contributed by atoms with Gasteiger partial charge in [-0.25, -0.2) is 0 Å². The van der Waals surface area contributed by atoms with Crippen molar-refractivity contribution in [3.8, 4) is 0 Å². The molecule has 2 rings (SSSR count). The zero-order valence-electron chi connectivity index (χ0n) is 15.3. The van der Waals surface area contributed by atoms with E-state index in [-0.39, 0.29) is 17.7 Å². The number of hydrogen-bond acceptors (Lipinski definition) is 2. The van der Waals surface area contributed by atoms with Gasteiger partial charge in [-0.05, 0) is 37.0 Å². The zero-order chi connectivity index (χ0) is 18.4. The molecular weight excluding hydrogens is 312 g/mol. The van der Waals surface area contributed by atoms with Crippen LogP contribution in [0.1, 0.15) is 40.9 Å². The second-order valence-corrected chi connectivity index (χ2v) is 6.71. The maximum atomic E-state index is 12.6. The van der Waals surface area contributed by atoms with Crippen LogP contribution in [-0.4, -0.2) is 17.9 Å². The van der Waals surface area contributed by atoms with E-state index < -0.39 is 6.04 Å². The quantitative estimate of drug-likeness (QED) is 0.848. The summed E-state index contributed by atoms with van der Waals surface area (Å²) in [4.78, 5) is 25.1. The molecule has 0 radical (unpaired) electrons. The van der Waals surface area contributed by atoms with Crippen LogP contribution in [-0.2, 0) is 11.3 Å². The standard InChI is InChI=1S/C21H26N2O2/c1-14(2)19(23-20(24)18-8-6-5-7-16(18)4)21(25)22-13-17-11-9-15(3)10-12-17/h5-12,14,19H,13H2,1-4H3,(H,22,25)(H,23,24). The maximum Gasteiger partial charge on any atom is 0.252 e. The summed E-state index contributed by atoms with van der Waals surface area (Å²) in [6, 6.07) is 14.8. The van der Waals surface area contributed by atoms with Crippen LogP contribution in [0, 0.1) is 19.8 Å². The van der Waals surface area contributed by atoms with Gasteiger partial charge in [0.1, 0.15) is 6.04 Å². The van der Waals surface area contributed by atoms with Crippen molar-refractivity contribution in [2.75, 3.05) is 0 Å². The Labute approximate surface area is 149 Å². The van der Waals surface area contributed by atoms with Gasteiger partial charge in [-0.1, -0.05) is 61.9 Å². The van der Waals surface area contributed by atoms with Crippen LogP contribution in [0.4, 0.5) is 0 Å². The van der Waals surface area contributed by atoms with E-state index >= 15 is 0 Å². The molecule has 0 saturated carbocycles. The van der Waals surface area contributed by atoms with Crippen molar-refractivity contribution in [3.05, 3.63) is 70.8 Å². The molecule has 0 aliphatic carbocycles. The third-order valence-electron chi connectivity index (χ3n) is 4.21. The predicted octanol–water partition coefficient (Wildman–Crippen LogP) is 3.37. The van der Waals surface area contributed by atoms with Gasteiger partial charge in [0.05, 0.1) is 0 Å². The molecule has 2 amide bonds. The number of carbonyl (C=O) groups is 2. The summed E-state index contributed by atoms with van der Waals surface area (Å²) in [5.74, 6) is -0.397. The topological polar surface area (TPSA) is 58.2 Å². The maximum absolute atomic E-state index is 12.6. The first-order valence-electron chi connectivity index (χ1n) is 8.58. The van der Waals surface area contributed by atoms with Crippen molar-refractivity contribution in [2.45, 2.75) is 40.3 Å². The van der Waals surface area contributed by atoms with Crippen LogP contribution in [0.3, 0.4) is 0 Å². The Morgan fingerprint density at radius 3 is 2.20 bits per heavy atom. The number of amides is 2. The molecule has 0 aliphatic rings. The molecule has 132 valence electrons. The van der Waals surface area contributed by atoms with Crippen molar-refractivity contribution in [1.82, 2.24) is 10.6 Å². The molecule has 2 N–H and O–H groups in total. The SMILES string of the molecule is Cc1ccc(CNC(=O)C(NC(=O)c2ccccc2C)C(C)C)cc1. The average molecular weight is 338 g/mol. The molecule has 4 nitrogen and oxygen atoms in total. The molecule has 0 bridgehead atoms. The van der Waals surface area contributed by atoms with Gasteiger partial charge in [-0.3, -0.25) is 9.59 Å². The molecule has 0 saturated heterocycles. The summed E-state index contributed by atoms with van der Waals surface area (Å²) in [6.45, 7) is 8.21. The van der Waals surface area contributed by atoms with Crippen molar-refractivity contribution < 1.29 is 9.59 Å². The lowest BCUT2D eigenvalue weighted by Crippen LogP contribution is -2.49. The van der Waals surface area contributed by atoms with E-state index in [1.807, 2.05) is 70.2 Å². The predicted molar refractivity (Wildman–Crippen MR) is 100 cm³/mol. The van der Waals surface area contributed by atoms with E-state index in [1.54, 1.807) is 6.07 Å². The second-order valence-electron chi connectivity index (χ2n) is 6.71. The highest BCUT2D eigenvalue weighted by atomic mass is 16.2. The van der Waals surface area contributed by atoms with Crippen LogP contribution < -0.4 is 10.6 Å². The highest BCUT2D eigenvalue weighted by Gasteiger charge is 2.24. The zero-order valence-corrected chi connectivity index (χ0v) is 15.3. The molecule has 0 spiro atoms. The van der Waals surface area contributed by atoms with Crippen molar-refractivity contribution in [2.24, 2.45) is 5.92 Å². The van der Waals surface area contributed by atoms with Gasteiger partial charge in [0.15, 0.2) is 0 Å². The smallest absolute Gasteiger partial charge is 0.252 e. The number of benzene rings is 2. The van der Waals surface area contributed by atoms with Gasteiger partial charge in [0.25, 0.3) is 5.91 Å². The number of hydrogen-bond donors (Lipinski definition) is 2. The Balaban J connectivity index is 2.01. The van der Waals surface area contributed by atoms with E-state index in [9.17, 15) is 9.59 Å². The third-order valence-corrected chi connectivity index (χ3v) is 4.21. The summed E-state index contributed by atoms with van der Waals surface area (Å²) in [7, 11) is 0. The fourth-order valence-corrected chi connectivity index (χ4v) is 2.59. The normalized spacial score (nSPS) is 11.9. The van der Waals surface area contributed by atoms with Crippen LogP contribution in [0.25, 0.3) is 0 Å². The van der Waals surface area contributed by atoms with Gasteiger partial charge in [-0.15, -0.1) is 0 Å². The number of rotatable bonds is 6. The van der Waals surface area contributed by atoms with Crippen molar-refractivity contribution in [3.63, 3.8) is 0 Å². The highest BCUT2D eigenvalue weighted by Crippen LogP contribution is 2.10. The Hall–Kier alpha value is -2.62. The van der Waals surface area contributed by atoms with Crippen LogP contribution in [0.5, 0.6) is 0 Å². The lowest BCUT2D eigenvalue weighted by atomic mass is 10.0. The first kappa shape index (κ1) is 18.7. The summed E-state index contributed by atoms with van der Waals surface area (Å²) >= 11 is 0. The largest absolute Gasteiger partial charge is 0.350 e. The first-order valence-corrected chi connectivity index (χ1v) is 8.58. The van der Waals surface area contributed by atoms with Crippen molar-refractivity contribution >= 4 is 11.8 Å². The lowest BCUT2D eigenvalue weighted by Gasteiger charge is -2.22. The molecule has 0 aliphatic heterocycles. The van der Waals surface area contributed by atoms with Crippen LogP contribution >= 0.6 is 0 Å². The lowest BCUT2D eigenvalue weighted by molar-refractivity contribution is -0.124. The molecule has 1 atom stereocenters. The summed E-state index contributed by atoms with van der Waals surface area (Å²) < 4.78 is 0. The van der Waals surface area contributed by atoms with Gasteiger partial charge in [0.2, 0.25) is 5.91 Å². The molecule has 25 heavy (non-hydrogen) atoms. The van der Waals surface area contributed by atoms with Crippen LogP contribution in [0.15, 0.2) is 48.5 Å². The summed E-state index contributed by atoms with van der Waals surface area (Å²) in [6.07, 6.45) is 0. The Bertz CT molecular complexity index is 736. The minimum absolute atomic E-state index is 0.00835. The van der Waals surface area contributed by atoms with E-state index in [0.29, 0.717) is 12.1 Å². The van der Waals surface area contributed by atoms with Crippen LogP contribution in [0.2, 0.25) is 0 Å². The molecule has 1 unspecified atom stereocenters. The third kappa shape index (κ3) is 5.18. The molecule has 2 aromatic carbocycles. The van der Waals surface area contributed by atoms with E-state index in [1.165, 1.54) is 5.56 Å².